The zero-order valence-corrected chi connectivity index (χ0v) is 13.8. The van der Waals surface area contributed by atoms with Crippen molar-refractivity contribution in [3.63, 3.8) is 0 Å². The van der Waals surface area contributed by atoms with E-state index >= 15 is 0 Å². The zero-order valence-electron chi connectivity index (χ0n) is 13.8. The lowest BCUT2D eigenvalue weighted by atomic mass is 9.82. The summed E-state index contributed by atoms with van der Waals surface area (Å²) in [6, 6.07) is 0. The van der Waals surface area contributed by atoms with E-state index in [1.54, 1.807) is 6.92 Å². The Bertz CT molecular complexity index is 306. The van der Waals surface area contributed by atoms with Gasteiger partial charge < -0.3 is 9.47 Å². The first kappa shape index (κ1) is 18.9. The van der Waals surface area contributed by atoms with Crippen molar-refractivity contribution in [2.24, 2.45) is 11.3 Å². The maximum absolute atomic E-state index is 12.4. The quantitative estimate of drug-likeness (QED) is 0.479. The number of esters is 2. The van der Waals surface area contributed by atoms with Crippen molar-refractivity contribution in [3.8, 4) is 0 Å². The van der Waals surface area contributed by atoms with E-state index in [0.29, 0.717) is 18.8 Å². The molecule has 0 spiro atoms. The normalized spacial score (nSPS) is 13.2. The van der Waals surface area contributed by atoms with Crippen LogP contribution >= 0.6 is 0 Å². The second-order valence-electron chi connectivity index (χ2n) is 5.70. The molecule has 0 radical (unpaired) electrons. The molecule has 0 N–H and O–H groups in total. The number of carbonyl (C=O) groups is 2. The van der Waals surface area contributed by atoms with Crippen LogP contribution in [0.15, 0.2) is 0 Å². The Kier molecular flexibility index (Phi) is 8.51. The molecule has 1 atom stereocenters. The topological polar surface area (TPSA) is 52.6 Å². The summed E-state index contributed by atoms with van der Waals surface area (Å²) in [6.45, 7) is 11.8. The lowest BCUT2D eigenvalue weighted by Crippen LogP contribution is -2.42. The molecule has 0 aliphatic carbocycles. The molecule has 0 heterocycles. The van der Waals surface area contributed by atoms with Crippen molar-refractivity contribution in [1.29, 1.82) is 0 Å². The van der Waals surface area contributed by atoms with E-state index in [-0.39, 0.29) is 12.7 Å². The Morgan fingerprint density at radius 3 is 1.90 bits per heavy atom. The van der Waals surface area contributed by atoms with Gasteiger partial charge in [-0.15, -0.1) is 0 Å². The van der Waals surface area contributed by atoms with Crippen molar-refractivity contribution < 1.29 is 19.1 Å². The van der Waals surface area contributed by atoms with Crippen LogP contribution in [0.5, 0.6) is 0 Å². The molecule has 0 aromatic rings. The van der Waals surface area contributed by atoms with Gasteiger partial charge in [-0.2, -0.15) is 0 Å². The highest BCUT2D eigenvalue weighted by atomic mass is 16.6. The summed E-state index contributed by atoms with van der Waals surface area (Å²) in [5.41, 5.74) is -1.15. The third-order valence-corrected chi connectivity index (χ3v) is 3.72. The molecule has 1 unspecified atom stereocenters. The summed E-state index contributed by atoms with van der Waals surface area (Å²) in [5, 5.41) is 0. The van der Waals surface area contributed by atoms with Crippen molar-refractivity contribution >= 4 is 11.9 Å². The van der Waals surface area contributed by atoms with Crippen molar-refractivity contribution in [2.75, 3.05) is 6.61 Å². The van der Waals surface area contributed by atoms with Gasteiger partial charge in [-0.3, -0.25) is 9.59 Å². The molecule has 0 rings (SSSR count). The summed E-state index contributed by atoms with van der Waals surface area (Å²) in [5.74, 6) is -0.341. The molecule has 0 aliphatic rings. The molecule has 4 nitrogen and oxygen atoms in total. The first-order valence-corrected chi connectivity index (χ1v) is 7.72. The van der Waals surface area contributed by atoms with Gasteiger partial charge in [0.25, 0.3) is 0 Å². The van der Waals surface area contributed by atoms with Gasteiger partial charge in [-0.25, -0.2) is 0 Å². The fourth-order valence-corrected chi connectivity index (χ4v) is 2.10. The minimum Gasteiger partial charge on any atom is -0.465 e. The van der Waals surface area contributed by atoms with Gasteiger partial charge in [0.05, 0.1) is 12.7 Å². The first-order valence-electron chi connectivity index (χ1n) is 7.72. The van der Waals surface area contributed by atoms with Crippen molar-refractivity contribution in [2.45, 2.75) is 73.3 Å². The van der Waals surface area contributed by atoms with Crippen LogP contribution in [0.2, 0.25) is 0 Å². The molecule has 0 aromatic heterocycles. The second kappa shape index (κ2) is 8.98. The molecule has 0 bridgehead atoms. The molecule has 20 heavy (non-hydrogen) atoms. The van der Waals surface area contributed by atoms with E-state index in [1.165, 1.54) is 0 Å². The lowest BCUT2D eigenvalue weighted by molar-refractivity contribution is -0.176. The molecule has 0 fully saturated rings. The standard InChI is InChI=1S/C16H30O4/c1-7-16(8-2,14(17)19-9-3)15(18)20-13(6)11-10-12(4)5/h12-13H,7-11H2,1-6H3. The molecule has 0 saturated carbocycles. The molecule has 0 aromatic carbocycles. The molecule has 118 valence electrons. The smallest absolute Gasteiger partial charge is 0.323 e. The van der Waals surface area contributed by atoms with Crippen molar-refractivity contribution in [3.05, 3.63) is 0 Å². The van der Waals surface area contributed by atoms with Gasteiger partial charge in [0.2, 0.25) is 0 Å². The maximum atomic E-state index is 12.4. The predicted octanol–water partition coefficient (Wildman–Crippen LogP) is 3.72. The van der Waals surface area contributed by atoms with E-state index in [9.17, 15) is 9.59 Å². The number of carbonyl (C=O) groups excluding carboxylic acids is 2. The monoisotopic (exact) mass is 286 g/mol. The van der Waals surface area contributed by atoms with E-state index in [4.69, 9.17) is 9.47 Å². The van der Waals surface area contributed by atoms with Crippen LogP contribution in [-0.2, 0) is 19.1 Å². The van der Waals surface area contributed by atoms with E-state index < -0.39 is 17.4 Å². The SMILES string of the molecule is CCOC(=O)C(CC)(CC)C(=O)OC(C)CCC(C)C. The highest BCUT2D eigenvalue weighted by molar-refractivity contribution is 6.00. The third kappa shape index (κ3) is 5.14. The van der Waals surface area contributed by atoms with Crippen LogP contribution in [0, 0.1) is 11.3 Å². The lowest BCUT2D eigenvalue weighted by Gasteiger charge is -2.28. The van der Waals surface area contributed by atoms with E-state index in [0.717, 1.165) is 12.8 Å². The minimum atomic E-state index is -1.15. The van der Waals surface area contributed by atoms with Crippen LogP contribution in [0.4, 0.5) is 0 Å². The van der Waals surface area contributed by atoms with Crippen LogP contribution in [0.1, 0.15) is 67.2 Å². The summed E-state index contributed by atoms with van der Waals surface area (Å²) in [4.78, 5) is 24.5. The van der Waals surface area contributed by atoms with E-state index in [1.807, 2.05) is 20.8 Å². The largest absolute Gasteiger partial charge is 0.465 e. The summed E-state index contributed by atoms with van der Waals surface area (Å²) in [7, 11) is 0. The molecular formula is C16H30O4. The van der Waals surface area contributed by atoms with Crippen molar-refractivity contribution in [1.82, 2.24) is 0 Å². The highest BCUT2D eigenvalue weighted by Crippen LogP contribution is 2.31. The van der Waals surface area contributed by atoms with Crippen LogP contribution in [-0.4, -0.2) is 24.6 Å². The molecule has 4 heteroatoms. The molecule has 0 aliphatic heterocycles. The Morgan fingerprint density at radius 1 is 0.950 bits per heavy atom. The van der Waals surface area contributed by atoms with Crippen LogP contribution < -0.4 is 0 Å². The average Bonchev–Trinajstić information content (AvgIpc) is 2.38. The number of hydrogen-bond donors (Lipinski definition) is 0. The third-order valence-electron chi connectivity index (χ3n) is 3.72. The molecular weight excluding hydrogens is 256 g/mol. The fraction of sp³-hybridized carbons (Fsp3) is 0.875. The Morgan fingerprint density at radius 2 is 1.50 bits per heavy atom. The minimum absolute atomic E-state index is 0.170. The highest BCUT2D eigenvalue weighted by Gasteiger charge is 2.46. The van der Waals surface area contributed by atoms with Gasteiger partial charge in [0.15, 0.2) is 5.41 Å². The maximum Gasteiger partial charge on any atom is 0.323 e. The number of hydrogen-bond acceptors (Lipinski definition) is 4. The predicted molar refractivity (Wildman–Crippen MR) is 79.3 cm³/mol. The molecule has 0 amide bonds. The first-order chi connectivity index (χ1) is 9.33. The second-order valence-corrected chi connectivity index (χ2v) is 5.70. The van der Waals surface area contributed by atoms with E-state index in [2.05, 4.69) is 13.8 Å². The van der Waals surface area contributed by atoms with Crippen LogP contribution in [0.25, 0.3) is 0 Å². The van der Waals surface area contributed by atoms with Gasteiger partial charge in [0.1, 0.15) is 0 Å². The average molecular weight is 286 g/mol. The summed E-state index contributed by atoms with van der Waals surface area (Å²) < 4.78 is 10.5. The fourth-order valence-electron chi connectivity index (χ4n) is 2.10. The van der Waals surface area contributed by atoms with Gasteiger partial charge in [0, 0.05) is 0 Å². The summed E-state index contributed by atoms with van der Waals surface area (Å²) >= 11 is 0. The Labute approximate surface area is 123 Å². The van der Waals surface area contributed by atoms with Gasteiger partial charge >= 0.3 is 11.9 Å². The number of ether oxygens (including phenoxy) is 2. The Balaban J connectivity index is 4.76. The number of rotatable bonds is 9. The zero-order chi connectivity index (χ0) is 15.8. The van der Waals surface area contributed by atoms with Gasteiger partial charge in [-0.05, 0) is 45.4 Å². The van der Waals surface area contributed by atoms with Crippen LogP contribution in [0.3, 0.4) is 0 Å². The Hall–Kier alpha value is -1.06. The molecule has 0 saturated heterocycles. The summed E-state index contributed by atoms with van der Waals surface area (Å²) in [6.07, 6.45) is 2.45. The van der Waals surface area contributed by atoms with Gasteiger partial charge in [-0.1, -0.05) is 27.7 Å².